The van der Waals surface area contributed by atoms with E-state index in [0.717, 1.165) is 15.4 Å². The molecule has 2 aromatic rings. The van der Waals surface area contributed by atoms with Crippen molar-refractivity contribution in [3.8, 4) is 22.4 Å². The lowest BCUT2D eigenvalue weighted by atomic mass is 9.62. The zero-order valence-electron chi connectivity index (χ0n) is 28.6. The van der Waals surface area contributed by atoms with Gasteiger partial charge in [-0.05, 0) is 71.3 Å². The van der Waals surface area contributed by atoms with E-state index in [0.29, 0.717) is 25.8 Å². The van der Waals surface area contributed by atoms with Gasteiger partial charge >= 0.3 is 11.9 Å². The van der Waals surface area contributed by atoms with Gasteiger partial charge in [0.05, 0.1) is 21.0 Å². The Hall–Kier alpha value is -3.39. The molecule has 252 valence electrons. The average molecular weight is 663 g/mol. The van der Waals surface area contributed by atoms with Gasteiger partial charge < -0.3 is 14.2 Å². The molecule has 3 saturated heterocycles. The Morgan fingerprint density at radius 1 is 1.02 bits per heavy atom. The molecule has 5 rings (SSSR count). The number of likely N-dealkylation sites (tertiary alicyclic amines) is 1. The van der Waals surface area contributed by atoms with Gasteiger partial charge in [-0.2, -0.15) is 0 Å². The lowest BCUT2D eigenvalue weighted by Crippen LogP contribution is -2.56. The largest absolute Gasteiger partial charge is 0.458 e. The molecule has 5 heterocycles. The Kier molecular flexibility index (Phi) is 9.85. The predicted octanol–water partition coefficient (Wildman–Crippen LogP) is 5.35. The molecule has 3 aliphatic heterocycles. The molecule has 9 nitrogen and oxygen atoms in total. The number of ether oxygens (including phenoxy) is 3. The molecule has 2 aromatic heterocycles. The maximum absolute atomic E-state index is 14.6. The van der Waals surface area contributed by atoms with E-state index in [2.05, 4.69) is 16.8 Å². The number of carbonyl (C=O) groups is 4. The van der Waals surface area contributed by atoms with Gasteiger partial charge in [0.1, 0.15) is 36.2 Å². The van der Waals surface area contributed by atoms with E-state index in [1.807, 2.05) is 70.0 Å². The molecule has 0 spiro atoms. The van der Waals surface area contributed by atoms with Crippen LogP contribution in [-0.2, 0) is 33.4 Å². The van der Waals surface area contributed by atoms with E-state index in [-0.39, 0.29) is 18.2 Å². The number of carbonyl (C=O) groups excluding carboxylic acids is 4. The average Bonchev–Trinajstić information content (AvgIpc) is 3.70. The third kappa shape index (κ3) is 6.55. The molecular weight excluding hydrogens is 616 g/mol. The molecule has 0 aliphatic carbocycles. The Labute approximate surface area is 281 Å². The summed E-state index contributed by atoms with van der Waals surface area (Å²) in [5, 5.41) is 0. The number of hydrogen-bond donors (Lipinski definition) is 0. The Bertz CT molecular complexity index is 1600. The SMILES string of the molecule is CC[C@H]1OC(=O)[C@H](C)C(=O)[C@H](C)C[C@](C)(OCC#Cc2ccc(-c3ccccn3)s2)C[C@@H](C)C(=O)[C@]2(C)CN(C)[C@H]3C(=O)O[C@@]1(C)[C@H]32. The molecule has 3 fully saturated rings. The Morgan fingerprint density at radius 3 is 2.43 bits per heavy atom. The van der Waals surface area contributed by atoms with Crippen LogP contribution in [0.2, 0.25) is 0 Å². The third-order valence-corrected chi connectivity index (χ3v) is 11.5. The summed E-state index contributed by atoms with van der Waals surface area (Å²) in [5.41, 5.74) is -2.22. The minimum Gasteiger partial charge on any atom is -0.458 e. The predicted molar refractivity (Wildman–Crippen MR) is 178 cm³/mol. The molecule has 0 saturated carbocycles. The molecule has 47 heavy (non-hydrogen) atoms. The van der Waals surface area contributed by atoms with Gasteiger partial charge in [0.25, 0.3) is 0 Å². The van der Waals surface area contributed by atoms with Crippen molar-refractivity contribution in [1.82, 2.24) is 9.88 Å². The molecule has 0 radical (unpaired) electrons. The van der Waals surface area contributed by atoms with Crippen molar-refractivity contribution < 1.29 is 33.4 Å². The first kappa shape index (κ1) is 34.9. The first-order valence-corrected chi connectivity index (χ1v) is 17.3. The summed E-state index contributed by atoms with van der Waals surface area (Å²) in [5.74, 6) is 2.35. The van der Waals surface area contributed by atoms with E-state index in [4.69, 9.17) is 14.2 Å². The molecule has 3 aliphatic rings. The van der Waals surface area contributed by atoms with Crippen molar-refractivity contribution in [2.45, 2.75) is 91.1 Å². The summed E-state index contributed by atoms with van der Waals surface area (Å²) in [6.45, 7) is 13.2. The van der Waals surface area contributed by atoms with Gasteiger partial charge in [-0.1, -0.05) is 45.6 Å². The molecule has 0 bridgehead atoms. The van der Waals surface area contributed by atoms with Crippen molar-refractivity contribution in [2.24, 2.45) is 29.1 Å². The number of ketones is 2. The number of nitrogens with zero attached hydrogens (tertiary/aromatic N) is 2. The number of thiophene rings is 1. The highest BCUT2D eigenvalue weighted by Crippen LogP contribution is 2.55. The summed E-state index contributed by atoms with van der Waals surface area (Å²) >= 11 is 1.54. The van der Waals surface area contributed by atoms with E-state index in [1.165, 1.54) is 0 Å². The van der Waals surface area contributed by atoms with Gasteiger partial charge in [-0.3, -0.25) is 29.1 Å². The van der Waals surface area contributed by atoms with Gasteiger partial charge in [-0.15, -0.1) is 11.3 Å². The first-order chi connectivity index (χ1) is 22.1. The third-order valence-electron chi connectivity index (χ3n) is 10.5. The van der Waals surface area contributed by atoms with E-state index in [1.54, 1.807) is 38.3 Å². The van der Waals surface area contributed by atoms with Crippen LogP contribution in [-0.4, -0.2) is 76.9 Å². The highest BCUT2D eigenvalue weighted by molar-refractivity contribution is 7.16. The lowest BCUT2D eigenvalue weighted by Gasteiger charge is -2.43. The number of cyclic esters (lactones) is 1. The van der Waals surface area contributed by atoms with Crippen LogP contribution in [0.5, 0.6) is 0 Å². The second kappa shape index (κ2) is 13.3. The lowest BCUT2D eigenvalue weighted by molar-refractivity contribution is -0.187. The standard InChI is InChI=1S/C37H46N2O7S/c1-9-28-37(7)31-29(34(43)46-37)39(8)21-36(31,6)32(41)23(3)20-35(5,19-22(2)30(40)24(4)33(42)45-28)44-18-12-13-25-15-16-27(47-25)26-14-10-11-17-38-26/h10-11,14-17,22-24,28-29,31H,9,18-21H2,1-8H3/t22-,23-,24-,28-,29-,31-,35+,36-,37-/m1/s1. The number of aromatic nitrogens is 1. The van der Waals surface area contributed by atoms with Crippen molar-refractivity contribution in [3.05, 3.63) is 41.4 Å². The number of hydrogen-bond acceptors (Lipinski definition) is 10. The minimum atomic E-state index is -1.24. The van der Waals surface area contributed by atoms with Crippen LogP contribution in [0.4, 0.5) is 0 Å². The summed E-state index contributed by atoms with van der Waals surface area (Å²) in [6.07, 6.45) is 1.94. The van der Waals surface area contributed by atoms with Gasteiger partial charge in [0, 0.05) is 35.9 Å². The molecule has 0 amide bonds. The fraction of sp³-hybridized carbons (Fsp3) is 0.595. The van der Waals surface area contributed by atoms with Crippen LogP contribution in [0.25, 0.3) is 10.6 Å². The summed E-state index contributed by atoms with van der Waals surface area (Å²) in [6, 6.07) is 9.08. The maximum atomic E-state index is 14.6. The zero-order valence-corrected chi connectivity index (χ0v) is 29.4. The van der Waals surface area contributed by atoms with Crippen LogP contribution >= 0.6 is 11.3 Å². The van der Waals surface area contributed by atoms with Gasteiger partial charge in [-0.25, -0.2) is 0 Å². The number of pyridine rings is 1. The molecule has 0 N–H and O–H groups in total. The fourth-order valence-electron chi connectivity index (χ4n) is 8.45. The number of esters is 2. The van der Waals surface area contributed by atoms with E-state index in [9.17, 15) is 19.2 Å². The Morgan fingerprint density at radius 2 is 1.74 bits per heavy atom. The molecule has 0 unspecified atom stereocenters. The molecular formula is C37H46N2O7S. The number of Topliss-reactive ketones (excluding diaryl/α,β-unsaturated/α-hetero) is 2. The second-order valence-corrected chi connectivity index (χ2v) is 15.4. The van der Waals surface area contributed by atoms with Crippen molar-refractivity contribution in [3.63, 3.8) is 0 Å². The van der Waals surface area contributed by atoms with Crippen LogP contribution in [0.15, 0.2) is 36.5 Å². The van der Waals surface area contributed by atoms with E-state index >= 15 is 0 Å². The van der Waals surface area contributed by atoms with Crippen LogP contribution < -0.4 is 0 Å². The summed E-state index contributed by atoms with van der Waals surface area (Å²) in [4.78, 5) is 63.1. The highest BCUT2D eigenvalue weighted by Gasteiger charge is 2.70. The first-order valence-electron chi connectivity index (χ1n) is 16.5. The highest BCUT2D eigenvalue weighted by atomic mass is 32.1. The minimum absolute atomic E-state index is 0.00601. The smallest absolute Gasteiger partial charge is 0.324 e. The summed E-state index contributed by atoms with van der Waals surface area (Å²) < 4.78 is 18.5. The zero-order chi connectivity index (χ0) is 34.3. The maximum Gasteiger partial charge on any atom is 0.324 e. The molecule has 10 heteroatoms. The van der Waals surface area contributed by atoms with Crippen LogP contribution in [0.1, 0.15) is 72.6 Å². The fourth-order valence-corrected chi connectivity index (χ4v) is 9.30. The van der Waals surface area contributed by atoms with Crippen LogP contribution in [0.3, 0.4) is 0 Å². The normalized spacial score (nSPS) is 36.6. The van der Waals surface area contributed by atoms with Crippen molar-refractivity contribution >= 4 is 34.8 Å². The van der Waals surface area contributed by atoms with Crippen molar-refractivity contribution in [1.29, 1.82) is 0 Å². The van der Waals surface area contributed by atoms with Crippen molar-refractivity contribution in [2.75, 3.05) is 20.2 Å². The number of rotatable bonds is 4. The second-order valence-electron chi connectivity index (χ2n) is 14.3. The quantitative estimate of drug-likeness (QED) is 0.243. The monoisotopic (exact) mass is 662 g/mol. The Balaban J connectivity index is 1.44. The number of likely N-dealkylation sites (N-methyl/N-ethyl adjacent to an activating group) is 1. The van der Waals surface area contributed by atoms with E-state index < -0.39 is 64.4 Å². The summed E-state index contributed by atoms with van der Waals surface area (Å²) in [7, 11) is 1.83. The molecule has 0 aromatic carbocycles. The van der Waals surface area contributed by atoms with Crippen LogP contribution in [0, 0.1) is 40.9 Å². The topological polar surface area (TPSA) is 112 Å². The van der Waals surface area contributed by atoms with Gasteiger partial charge in [0.15, 0.2) is 5.60 Å². The molecule has 9 atom stereocenters. The van der Waals surface area contributed by atoms with Gasteiger partial charge in [0.2, 0.25) is 0 Å².